The highest BCUT2D eigenvalue weighted by atomic mass is 32.2. The fourth-order valence-electron chi connectivity index (χ4n) is 4.16. The molecule has 0 aliphatic carbocycles. The van der Waals surface area contributed by atoms with Gasteiger partial charge in [-0.25, -0.2) is 18.4 Å². The van der Waals surface area contributed by atoms with Gasteiger partial charge >= 0.3 is 0 Å². The maximum Gasteiger partial charge on any atom is 0.212 e. The van der Waals surface area contributed by atoms with E-state index in [2.05, 4.69) is 20.1 Å². The number of fused-ring (bicyclic) bond motifs is 3. The Bertz CT molecular complexity index is 1880. The molecule has 3 N–H and O–H groups in total. The van der Waals surface area contributed by atoms with E-state index in [-0.39, 0.29) is 26.8 Å². The molecule has 0 unspecified atom stereocenters. The maximum atomic E-state index is 13.7. The molecular formula is C26H20N6O2S. The lowest BCUT2D eigenvalue weighted by molar-refractivity contribution is 0.597. The predicted octanol–water partition coefficient (Wildman–Crippen LogP) is 4.67. The van der Waals surface area contributed by atoms with Gasteiger partial charge in [-0.05, 0) is 37.3 Å². The zero-order valence-electron chi connectivity index (χ0n) is 18.7. The van der Waals surface area contributed by atoms with Crippen molar-refractivity contribution < 1.29 is 8.42 Å². The molecule has 9 heteroatoms. The lowest BCUT2D eigenvalue weighted by atomic mass is 10.2. The first-order valence-corrected chi connectivity index (χ1v) is 12.4. The highest BCUT2D eigenvalue weighted by molar-refractivity contribution is 7.92. The molecule has 0 spiro atoms. The Morgan fingerprint density at radius 1 is 0.943 bits per heavy atom. The minimum absolute atomic E-state index is 0.0491. The standard InChI is InChI=1S/C26H20N6O2S/c1-16-10-12-18(13-11-16)35(33,34)24-23-26(31-22-9-5-4-8-21(22)30-23)32(25(24)27)29-15-17-14-28-20-7-3-2-6-19(17)20/h2-15,28H,27H2,1H3. The number of rotatable bonds is 4. The molecule has 3 aromatic heterocycles. The maximum absolute atomic E-state index is 13.7. The smallest absolute Gasteiger partial charge is 0.212 e. The number of anilines is 1. The monoisotopic (exact) mass is 480 g/mol. The third kappa shape index (κ3) is 3.36. The molecule has 8 nitrogen and oxygen atoms in total. The summed E-state index contributed by atoms with van der Waals surface area (Å²) in [5.74, 6) is -0.0491. The Balaban J connectivity index is 1.62. The number of para-hydroxylation sites is 3. The molecule has 35 heavy (non-hydrogen) atoms. The van der Waals surface area contributed by atoms with Crippen LogP contribution in [0.5, 0.6) is 0 Å². The van der Waals surface area contributed by atoms with Crippen LogP contribution >= 0.6 is 0 Å². The van der Waals surface area contributed by atoms with Crippen molar-refractivity contribution in [2.24, 2.45) is 5.10 Å². The van der Waals surface area contributed by atoms with Crippen LogP contribution in [0.25, 0.3) is 33.1 Å². The van der Waals surface area contributed by atoms with Gasteiger partial charge in [0.2, 0.25) is 9.84 Å². The minimum Gasteiger partial charge on any atom is -0.382 e. The predicted molar refractivity (Wildman–Crippen MR) is 137 cm³/mol. The zero-order chi connectivity index (χ0) is 24.2. The summed E-state index contributed by atoms with van der Waals surface area (Å²) in [6.07, 6.45) is 3.47. The van der Waals surface area contributed by atoms with Crippen LogP contribution in [-0.2, 0) is 9.84 Å². The molecule has 0 atom stereocenters. The van der Waals surface area contributed by atoms with E-state index in [4.69, 9.17) is 5.73 Å². The van der Waals surface area contributed by atoms with E-state index in [1.54, 1.807) is 36.5 Å². The van der Waals surface area contributed by atoms with Crippen molar-refractivity contribution >= 4 is 55.0 Å². The molecule has 3 heterocycles. The summed E-state index contributed by atoms with van der Waals surface area (Å²) >= 11 is 0. The Morgan fingerprint density at radius 2 is 1.63 bits per heavy atom. The van der Waals surface area contributed by atoms with Crippen LogP contribution in [0.15, 0.2) is 93.9 Å². The van der Waals surface area contributed by atoms with Gasteiger partial charge in [0.15, 0.2) is 5.65 Å². The SMILES string of the molecule is Cc1ccc(S(=O)(=O)c2c(N)n(N=Cc3c[nH]c4ccccc34)c3nc4ccccc4nc23)cc1. The first-order valence-electron chi connectivity index (χ1n) is 10.9. The number of sulfone groups is 1. The van der Waals surface area contributed by atoms with E-state index >= 15 is 0 Å². The van der Waals surface area contributed by atoms with E-state index in [1.165, 1.54) is 4.68 Å². The fourth-order valence-corrected chi connectivity index (χ4v) is 5.64. The van der Waals surface area contributed by atoms with Gasteiger partial charge in [-0.1, -0.05) is 48.0 Å². The third-order valence-corrected chi connectivity index (χ3v) is 7.79. The van der Waals surface area contributed by atoms with E-state index in [1.807, 2.05) is 55.6 Å². The van der Waals surface area contributed by atoms with Crippen molar-refractivity contribution in [2.75, 3.05) is 5.73 Å². The molecule has 6 aromatic rings. The van der Waals surface area contributed by atoms with E-state index in [0.717, 1.165) is 22.0 Å². The number of aromatic nitrogens is 4. The summed E-state index contributed by atoms with van der Waals surface area (Å²) in [5.41, 5.74) is 10.8. The van der Waals surface area contributed by atoms with Crippen LogP contribution in [0.2, 0.25) is 0 Å². The van der Waals surface area contributed by atoms with E-state index in [9.17, 15) is 8.42 Å². The van der Waals surface area contributed by atoms with Crippen molar-refractivity contribution in [1.82, 2.24) is 19.6 Å². The number of hydrogen-bond donors (Lipinski definition) is 2. The number of nitrogens with zero attached hydrogens (tertiary/aromatic N) is 4. The van der Waals surface area contributed by atoms with Crippen LogP contribution < -0.4 is 5.73 Å². The number of nitrogens with one attached hydrogen (secondary N) is 1. The van der Waals surface area contributed by atoms with Gasteiger partial charge in [0.25, 0.3) is 0 Å². The second-order valence-corrected chi connectivity index (χ2v) is 10.1. The van der Waals surface area contributed by atoms with Crippen LogP contribution in [0, 0.1) is 6.92 Å². The fraction of sp³-hybridized carbons (Fsp3) is 0.0385. The Labute approximate surface area is 200 Å². The Hall–Kier alpha value is -4.50. The molecule has 172 valence electrons. The normalized spacial score (nSPS) is 12.4. The number of H-pyrrole nitrogens is 1. The summed E-state index contributed by atoms with van der Waals surface area (Å²) in [6, 6.07) is 21.7. The summed E-state index contributed by atoms with van der Waals surface area (Å²) in [4.78, 5) is 12.5. The lowest BCUT2D eigenvalue weighted by Crippen LogP contribution is -2.06. The number of benzene rings is 3. The van der Waals surface area contributed by atoms with Crippen molar-refractivity contribution in [2.45, 2.75) is 16.7 Å². The molecule has 6 rings (SSSR count). The summed E-state index contributed by atoms with van der Waals surface area (Å²) in [5, 5.41) is 5.54. The highest BCUT2D eigenvalue weighted by Gasteiger charge is 2.30. The average molecular weight is 481 g/mol. The summed E-state index contributed by atoms with van der Waals surface area (Å²) in [6.45, 7) is 1.90. The van der Waals surface area contributed by atoms with E-state index in [0.29, 0.717) is 11.0 Å². The van der Waals surface area contributed by atoms with Gasteiger partial charge in [-0.15, -0.1) is 0 Å². The molecule has 0 saturated heterocycles. The first kappa shape index (κ1) is 21.1. The van der Waals surface area contributed by atoms with Gasteiger partial charge in [0.05, 0.1) is 22.1 Å². The number of aromatic amines is 1. The van der Waals surface area contributed by atoms with Gasteiger partial charge in [-0.3, -0.25) is 0 Å². The molecule has 0 saturated carbocycles. The molecule has 0 amide bonds. The quantitative estimate of drug-likeness (QED) is 0.355. The van der Waals surface area contributed by atoms with Gasteiger partial charge in [0.1, 0.15) is 16.2 Å². The van der Waals surface area contributed by atoms with Crippen LogP contribution in [-0.4, -0.2) is 34.3 Å². The molecule has 0 aliphatic heterocycles. The van der Waals surface area contributed by atoms with E-state index < -0.39 is 9.84 Å². The summed E-state index contributed by atoms with van der Waals surface area (Å²) < 4.78 is 28.8. The van der Waals surface area contributed by atoms with Gasteiger partial charge < -0.3 is 10.7 Å². The molecule has 0 radical (unpaired) electrons. The van der Waals surface area contributed by atoms with Gasteiger partial charge in [-0.2, -0.15) is 9.78 Å². The van der Waals surface area contributed by atoms with Crippen LogP contribution in [0.3, 0.4) is 0 Å². The van der Waals surface area contributed by atoms with Crippen molar-refractivity contribution in [3.05, 3.63) is 90.1 Å². The first-order chi connectivity index (χ1) is 16.9. The second kappa shape index (κ2) is 7.78. The molecule has 0 aliphatic rings. The molecule has 0 fully saturated rings. The lowest BCUT2D eigenvalue weighted by Gasteiger charge is -2.05. The van der Waals surface area contributed by atoms with Crippen molar-refractivity contribution in [1.29, 1.82) is 0 Å². The largest absolute Gasteiger partial charge is 0.382 e. The number of hydrogen-bond acceptors (Lipinski definition) is 6. The molecule has 0 bridgehead atoms. The number of nitrogen functional groups attached to an aromatic ring is 1. The van der Waals surface area contributed by atoms with Crippen LogP contribution in [0.1, 0.15) is 11.1 Å². The number of aryl methyl sites for hydroxylation is 1. The van der Waals surface area contributed by atoms with Gasteiger partial charge in [0, 0.05) is 22.7 Å². The highest BCUT2D eigenvalue weighted by Crippen LogP contribution is 2.35. The van der Waals surface area contributed by atoms with Crippen molar-refractivity contribution in [3.63, 3.8) is 0 Å². The third-order valence-electron chi connectivity index (χ3n) is 5.96. The molecular weight excluding hydrogens is 460 g/mol. The summed E-state index contributed by atoms with van der Waals surface area (Å²) in [7, 11) is -4.00. The minimum atomic E-state index is -4.00. The van der Waals surface area contributed by atoms with Crippen molar-refractivity contribution in [3.8, 4) is 0 Å². The molecule has 3 aromatic carbocycles. The Morgan fingerprint density at radius 3 is 2.40 bits per heavy atom. The second-order valence-electron chi connectivity index (χ2n) is 8.26. The topological polar surface area (TPSA) is 119 Å². The zero-order valence-corrected chi connectivity index (χ0v) is 19.5. The average Bonchev–Trinajstić information content (AvgIpc) is 3.39. The Kier molecular flexibility index (Phi) is 4.68. The van der Waals surface area contributed by atoms with Crippen LogP contribution in [0.4, 0.5) is 5.82 Å². The number of nitrogens with two attached hydrogens (primary N) is 1.